The van der Waals surface area contributed by atoms with Gasteiger partial charge in [0.05, 0.1) is 17.4 Å². The minimum atomic E-state index is -0.387. The molecule has 1 saturated heterocycles. The first-order valence-electron chi connectivity index (χ1n) is 7.79. The van der Waals surface area contributed by atoms with Gasteiger partial charge in [-0.1, -0.05) is 12.1 Å². The van der Waals surface area contributed by atoms with Crippen molar-refractivity contribution < 1.29 is 9.59 Å². The first kappa shape index (κ1) is 16.1. The maximum atomic E-state index is 12.8. The second kappa shape index (κ2) is 7.18. The average Bonchev–Trinajstić information content (AvgIpc) is 2.63. The molecule has 0 unspecified atom stereocenters. The van der Waals surface area contributed by atoms with E-state index in [2.05, 4.69) is 20.2 Å². The fourth-order valence-corrected chi connectivity index (χ4v) is 2.56. The summed E-state index contributed by atoms with van der Waals surface area (Å²) in [6, 6.07) is 7.03. The smallest absolute Gasteiger partial charge is 0.275 e. The average molecular weight is 325 g/mol. The molecule has 1 fully saturated rings. The van der Waals surface area contributed by atoms with Crippen LogP contribution >= 0.6 is 0 Å². The van der Waals surface area contributed by atoms with Crippen LogP contribution in [0.1, 0.15) is 20.8 Å². The lowest BCUT2D eigenvalue weighted by Crippen LogP contribution is -2.47. The summed E-state index contributed by atoms with van der Waals surface area (Å²) in [6.07, 6.45) is 4.35. The van der Waals surface area contributed by atoms with Crippen molar-refractivity contribution in [2.24, 2.45) is 0 Å². The molecule has 1 aliphatic rings. The second-order valence-corrected chi connectivity index (χ2v) is 5.69. The molecule has 1 aromatic heterocycles. The van der Waals surface area contributed by atoms with Crippen LogP contribution in [0.15, 0.2) is 42.9 Å². The number of hydrogen-bond acceptors (Lipinski definition) is 5. The summed E-state index contributed by atoms with van der Waals surface area (Å²) >= 11 is 0. The predicted molar refractivity (Wildman–Crippen MR) is 89.8 cm³/mol. The summed E-state index contributed by atoms with van der Waals surface area (Å²) in [5.41, 5.74) is 1.18. The standard InChI is InChI=1S/C17H19N5O2/c1-21-8-10-22(11-9-21)17(24)13-4-2-3-5-14(13)20-16(23)15-12-18-6-7-19-15/h2-7,12H,8-11H2,1H3,(H,20,23). The number of likely N-dealkylation sites (N-methyl/N-ethyl adjacent to an activating group) is 1. The van der Waals surface area contributed by atoms with Crippen molar-refractivity contribution in [3.63, 3.8) is 0 Å². The molecule has 24 heavy (non-hydrogen) atoms. The highest BCUT2D eigenvalue weighted by molar-refractivity contribution is 6.08. The minimum absolute atomic E-state index is 0.0712. The third-order valence-corrected chi connectivity index (χ3v) is 3.99. The number of benzene rings is 1. The molecule has 7 nitrogen and oxygen atoms in total. The zero-order valence-electron chi connectivity index (χ0n) is 13.5. The Balaban J connectivity index is 1.78. The number of para-hydroxylation sites is 1. The van der Waals surface area contributed by atoms with Crippen molar-refractivity contribution >= 4 is 17.5 Å². The van der Waals surface area contributed by atoms with Gasteiger partial charge in [0.25, 0.3) is 11.8 Å². The molecule has 7 heteroatoms. The maximum absolute atomic E-state index is 12.8. The van der Waals surface area contributed by atoms with Crippen molar-refractivity contribution in [3.8, 4) is 0 Å². The summed E-state index contributed by atoms with van der Waals surface area (Å²) in [5.74, 6) is -0.458. The highest BCUT2D eigenvalue weighted by Crippen LogP contribution is 2.19. The van der Waals surface area contributed by atoms with Crippen LogP contribution in [0, 0.1) is 0 Å². The Hall–Kier alpha value is -2.80. The van der Waals surface area contributed by atoms with Gasteiger partial charge in [-0.3, -0.25) is 14.6 Å². The van der Waals surface area contributed by atoms with Gasteiger partial charge in [-0.25, -0.2) is 4.98 Å². The predicted octanol–water partition coefficient (Wildman–Crippen LogP) is 1.12. The van der Waals surface area contributed by atoms with Crippen LogP contribution < -0.4 is 5.32 Å². The van der Waals surface area contributed by atoms with Gasteiger partial charge in [0, 0.05) is 38.6 Å². The number of amides is 2. The third kappa shape index (κ3) is 3.57. The molecule has 0 saturated carbocycles. The fraction of sp³-hybridized carbons (Fsp3) is 0.294. The number of carbonyl (C=O) groups is 2. The molecule has 0 aliphatic carbocycles. The summed E-state index contributed by atoms with van der Waals surface area (Å²) in [4.78, 5) is 36.9. The molecule has 2 heterocycles. The molecule has 0 bridgehead atoms. The number of hydrogen-bond donors (Lipinski definition) is 1. The van der Waals surface area contributed by atoms with E-state index in [9.17, 15) is 9.59 Å². The van der Waals surface area contributed by atoms with Crippen molar-refractivity contribution in [3.05, 3.63) is 54.1 Å². The van der Waals surface area contributed by atoms with Gasteiger partial charge in [0.15, 0.2) is 0 Å². The number of carbonyl (C=O) groups excluding carboxylic acids is 2. The number of nitrogens with one attached hydrogen (secondary N) is 1. The van der Waals surface area contributed by atoms with Crippen LogP contribution in [0.25, 0.3) is 0 Å². The van der Waals surface area contributed by atoms with Gasteiger partial charge in [-0.2, -0.15) is 0 Å². The molecule has 0 radical (unpaired) electrons. The summed E-state index contributed by atoms with van der Waals surface area (Å²) in [6.45, 7) is 3.06. The van der Waals surface area contributed by atoms with Gasteiger partial charge in [0.2, 0.25) is 0 Å². The number of nitrogens with zero attached hydrogens (tertiary/aromatic N) is 4. The largest absolute Gasteiger partial charge is 0.336 e. The van der Waals surface area contributed by atoms with Crippen molar-refractivity contribution in [1.82, 2.24) is 19.8 Å². The van der Waals surface area contributed by atoms with E-state index in [-0.39, 0.29) is 17.5 Å². The minimum Gasteiger partial charge on any atom is -0.336 e. The third-order valence-electron chi connectivity index (χ3n) is 3.99. The van der Waals surface area contributed by atoms with E-state index in [4.69, 9.17) is 0 Å². The van der Waals surface area contributed by atoms with E-state index in [0.29, 0.717) is 24.3 Å². The van der Waals surface area contributed by atoms with Gasteiger partial charge in [0.1, 0.15) is 5.69 Å². The lowest BCUT2D eigenvalue weighted by atomic mass is 10.1. The van der Waals surface area contributed by atoms with Crippen LogP contribution in [-0.2, 0) is 0 Å². The van der Waals surface area contributed by atoms with Crippen LogP contribution in [0.5, 0.6) is 0 Å². The highest BCUT2D eigenvalue weighted by atomic mass is 16.2. The van der Waals surface area contributed by atoms with E-state index in [1.807, 2.05) is 11.9 Å². The highest BCUT2D eigenvalue weighted by Gasteiger charge is 2.23. The zero-order chi connectivity index (χ0) is 16.9. The Bertz CT molecular complexity index is 727. The monoisotopic (exact) mass is 325 g/mol. The van der Waals surface area contributed by atoms with Gasteiger partial charge < -0.3 is 15.1 Å². The van der Waals surface area contributed by atoms with E-state index in [0.717, 1.165) is 13.1 Å². The number of piperazine rings is 1. The van der Waals surface area contributed by atoms with Crippen LogP contribution in [0.2, 0.25) is 0 Å². The normalized spacial score (nSPS) is 15.1. The maximum Gasteiger partial charge on any atom is 0.275 e. The topological polar surface area (TPSA) is 78.4 Å². The van der Waals surface area contributed by atoms with Gasteiger partial charge in [-0.15, -0.1) is 0 Å². The summed E-state index contributed by atoms with van der Waals surface area (Å²) in [7, 11) is 2.04. The van der Waals surface area contributed by atoms with Gasteiger partial charge in [-0.05, 0) is 19.2 Å². The van der Waals surface area contributed by atoms with Crippen molar-refractivity contribution in [2.45, 2.75) is 0 Å². The molecular formula is C17H19N5O2. The van der Waals surface area contributed by atoms with Crippen molar-refractivity contribution in [2.75, 3.05) is 38.5 Å². The SMILES string of the molecule is CN1CCN(C(=O)c2ccccc2NC(=O)c2cnccn2)CC1. The molecule has 2 aromatic rings. The quantitative estimate of drug-likeness (QED) is 0.915. The number of rotatable bonds is 3. The first-order valence-corrected chi connectivity index (χ1v) is 7.79. The van der Waals surface area contributed by atoms with E-state index in [1.165, 1.54) is 18.6 Å². The van der Waals surface area contributed by atoms with Gasteiger partial charge >= 0.3 is 0 Å². The molecule has 1 aliphatic heterocycles. The van der Waals surface area contributed by atoms with Crippen molar-refractivity contribution in [1.29, 1.82) is 0 Å². The summed E-state index contributed by atoms with van der Waals surface area (Å²) < 4.78 is 0. The molecular weight excluding hydrogens is 306 g/mol. The first-order chi connectivity index (χ1) is 11.6. The lowest BCUT2D eigenvalue weighted by Gasteiger charge is -2.32. The Morgan fingerprint density at radius 3 is 2.54 bits per heavy atom. The number of aromatic nitrogens is 2. The molecule has 2 amide bonds. The Morgan fingerprint density at radius 1 is 1.08 bits per heavy atom. The molecule has 1 aromatic carbocycles. The summed E-state index contributed by atoms with van der Waals surface area (Å²) in [5, 5.41) is 2.76. The molecule has 0 atom stereocenters. The van der Waals surface area contributed by atoms with Crippen LogP contribution in [-0.4, -0.2) is 64.8 Å². The fourth-order valence-electron chi connectivity index (χ4n) is 2.56. The molecule has 1 N–H and O–H groups in total. The zero-order valence-corrected chi connectivity index (χ0v) is 13.5. The molecule has 3 rings (SSSR count). The number of anilines is 1. The van der Waals surface area contributed by atoms with Crippen LogP contribution in [0.3, 0.4) is 0 Å². The second-order valence-electron chi connectivity index (χ2n) is 5.69. The van der Waals surface area contributed by atoms with Crippen LogP contribution in [0.4, 0.5) is 5.69 Å². The Morgan fingerprint density at radius 2 is 1.83 bits per heavy atom. The molecule has 124 valence electrons. The lowest BCUT2D eigenvalue weighted by molar-refractivity contribution is 0.0665. The Kier molecular flexibility index (Phi) is 4.81. The Labute approximate surface area is 140 Å². The molecule has 0 spiro atoms. The van der Waals surface area contributed by atoms with E-state index in [1.54, 1.807) is 24.3 Å². The van der Waals surface area contributed by atoms with E-state index >= 15 is 0 Å². The van der Waals surface area contributed by atoms with E-state index < -0.39 is 0 Å².